The molecular weight excluding hydrogens is 357 g/mol. The van der Waals surface area contributed by atoms with Crippen molar-refractivity contribution in [3.05, 3.63) is 58.0 Å². The Morgan fingerprint density at radius 3 is 2.76 bits per heavy atom. The fourth-order valence-corrected chi connectivity index (χ4v) is 3.22. The van der Waals surface area contributed by atoms with Gasteiger partial charge in [-0.05, 0) is 24.1 Å². The Hall–Kier alpha value is -2.11. The van der Waals surface area contributed by atoms with Crippen molar-refractivity contribution in [1.29, 1.82) is 0 Å². The number of rotatable bonds is 5. The first-order valence-corrected chi connectivity index (χ1v) is 8.85. The number of H-pyrrole nitrogens is 1. The fourth-order valence-electron chi connectivity index (χ4n) is 2.81. The van der Waals surface area contributed by atoms with E-state index in [1.54, 1.807) is 7.05 Å². The van der Waals surface area contributed by atoms with E-state index in [2.05, 4.69) is 45.0 Å². The number of hydrogen-bond acceptors (Lipinski definition) is 1. The van der Waals surface area contributed by atoms with Crippen LogP contribution in [0.2, 0.25) is 10.2 Å². The maximum Gasteiger partial charge on any atom is 0.191 e. The molecule has 0 aliphatic carbocycles. The monoisotopic (exact) mass is 377 g/mol. The molecule has 5 nitrogen and oxygen atoms in total. The number of para-hydroxylation sites is 1. The molecule has 3 aromatic rings. The third kappa shape index (κ3) is 3.94. The zero-order valence-electron chi connectivity index (χ0n) is 14.2. The van der Waals surface area contributed by atoms with E-state index in [0.717, 1.165) is 30.1 Å². The molecule has 2 heterocycles. The van der Waals surface area contributed by atoms with Gasteiger partial charge in [0.15, 0.2) is 5.96 Å². The summed E-state index contributed by atoms with van der Waals surface area (Å²) in [6.07, 6.45) is 2.98. The topological polar surface area (TPSA) is 57.1 Å². The maximum absolute atomic E-state index is 6.09. The van der Waals surface area contributed by atoms with Gasteiger partial charge in [-0.15, -0.1) is 0 Å². The minimum atomic E-state index is 0.542. The second kappa shape index (κ2) is 7.85. The minimum Gasteiger partial charge on any atom is -0.361 e. The summed E-state index contributed by atoms with van der Waals surface area (Å²) in [5, 5.41) is 8.98. The SMILES string of the molecule is CN=C(NCCc1c[nH]c2ccccc12)NCc1cc(Cl)c(Cl)n1C. The van der Waals surface area contributed by atoms with Crippen molar-refractivity contribution in [3.63, 3.8) is 0 Å². The molecule has 2 aromatic heterocycles. The van der Waals surface area contributed by atoms with Crippen molar-refractivity contribution < 1.29 is 0 Å². The first-order valence-electron chi connectivity index (χ1n) is 8.09. The Labute approximate surface area is 157 Å². The highest BCUT2D eigenvalue weighted by Gasteiger charge is 2.09. The Morgan fingerprint density at radius 1 is 1.24 bits per heavy atom. The number of nitrogens with zero attached hydrogens (tertiary/aromatic N) is 2. The predicted molar refractivity (Wildman–Crippen MR) is 106 cm³/mol. The third-order valence-corrected chi connectivity index (χ3v) is 5.08. The zero-order chi connectivity index (χ0) is 17.8. The van der Waals surface area contributed by atoms with Crippen LogP contribution in [0.15, 0.2) is 41.5 Å². The molecule has 3 rings (SSSR count). The van der Waals surface area contributed by atoms with E-state index in [0.29, 0.717) is 16.7 Å². The number of nitrogens with one attached hydrogen (secondary N) is 3. The van der Waals surface area contributed by atoms with Crippen molar-refractivity contribution in [1.82, 2.24) is 20.2 Å². The average molecular weight is 378 g/mol. The summed E-state index contributed by atoms with van der Waals surface area (Å²) in [4.78, 5) is 7.55. The Balaban J connectivity index is 1.53. The van der Waals surface area contributed by atoms with E-state index in [4.69, 9.17) is 23.2 Å². The van der Waals surface area contributed by atoms with E-state index in [9.17, 15) is 0 Å². The summed E-state index contributed by atoms with van der Waals surface area (Å²) < 4.78 is 1.86. The van der Waals surface area contributed by atoms with Crippen molar-refractivity contribution in [2.45, 2.75) is 13.0 Å². The average Bonchev–Trinajstić information content (AvgIpc) is 3.14. The number of guanidine groups is 1. The van der Waals surface area contributed by atoms with Gasteiger partial charge in [-0.25, -0.2) is 0 Å². The van der Waals surface area contributed by atoms with E-state index >= 15 is 0 Å². The molecule has 0 atom stereocenters. The normalized spacial score (nSPS) is 11.9. The molecule has 132 valence electrons. The number of aromatic amines is 1. The molecular formula is C18H21Cl2N5. The van der Waals surface area contributed by atoms with Gasteiger partial charge in [0, 0.05) is 43.4 Å². The van der Waals surface area contributed by atoms with Gasteiger partial charge >= 0.3 is 0 Å². The van der Waals surface area contributed by atoms with Crippen molar-refractivity contribution in [2.75, 3.05) is 13.6 Å². The molecule has 0 radical (unpaired) electrons. The van der Waals surface area contributed by atoms with Crippen LogP contribution in [0.3, 0.4) is 0 Å². The van der Waals surface area contributed by atoms with Gasteiger partial charge in [-0.3, -0.25) is 4.99 Å². The van der Waals surface area contributed by atoms with Crippen LogP contribution in [0.4, 0.5) is 0 Å². The molecule has 0 spiro atoms. The number of aromatic nitrogens is 2. The third-order valence-electron chi connectivity index (χ3n) is 4.24. The maximum atomic E-state index is 6.09. The summed E-state index contributed by atoms with van der Waals surface area (Å²) in [5.74, 6) is 0.744. The molecule has 3 N–H and O–H groups in total. The van der Waals surface area contributed by atoms with Crippen LogP contribution < -0.4 is 10.6 Å². The first kappa shape index (κ1) is 17.7. The lowest BCUT2D eigenvalue weighted by Gasteiger charge is -2.12. The molecule has 1 aromatic carbocycles. The number of benzene rings is 1. The molecule has 0 fully saturated rings. The molecule has 25 heavy (non-hydrogen) atoms. The Morgan fingerprint density at radius 2 is 2.04 bits per heavy atom. The van der Waals surface area contributed by atoms with E-state index in [1.807, 2.05) is 23.7 Å². The summed E-state index contributed by atoms with van der Waals surface area (Å²) >= 11 is 12.1. The predicted octanol–water partition coefficient (Wildman–Crippen LogP) is 3.72. The van der Waals surface area contributed by atoms with Crippen LogP contribution in [-0.2, 0) is 20.0 Å². The number of halogens is 2. The van der Waals surface area contributed by atoms with Gasteiger partial charge in [0.1, 0.15) is 5.15 Å². The van der Waals surface area contributed by atoms with Crippen LogP contribution in [-0.4, -0.2) is 29.1 Å². The molecule has 0 amide bonds. The zero-order valence-corrected chi connectivity index (χ0v) is 15.7. The first-order chi connectivity index (χ1) is 12.1. The molecule has 0 saturated carbocycles. The van der Waals surface area contributed by atoms with Crippen molar-refractivity contribution in [3.8, 4) is 0 Å². The fraction of sp³-hybridized carbons (Fsp3) is 0.278. The number of fused-ring (bicyclic) bond motifs is 1. The Bertz CT molecular complexity index is 894. The van der Waals surface area contributed by atoms with E-state index in [1.165, 1.54) is 10.9 Å². The van der Waals surface area contributed by atoms with Gasteiger partial charge in [-0.2, -0.15) is 0 Å². The van der Waals surface area contributed by atoms with Crippen molar-refractivity contribution >= 4 is 40.1 Å². The number of hydrogen-bond donors (Lipinski definition) is 3. The Kier molecular flexibility index (Phi) is 5.56. The van der Waals surface area contributed by atoms with Crippen LogP contribution >= 0.6 is 23.2 Å². The lowest BCUT2D eigenvalue weighted by atomic mass is 10.1. The second-order valence-electron chi connectivity index (χ2n) is 5.80. The molecule has 0 aliphatic rings. The van der Waals surface area contributed by atoms with Gasteiger partial charge in [0.2, 0.25) is 0 Å². The minimum absolute atomic E-state index is 0.542. The summed E-state index contributed by atoms with van der Waals surface area (Å²) in [6, 6.07) is 10.2. The van der Waals surface area contributed by atoms with Gasteiger partial charge in [0.05, 0.1) is 11.6 Å². The second-order valence-corrected chi connectivity index (χ2v) is 6.56. The van der Waals surface area contributed by atoms with Crippen LogP contribution in [0.5, 0.6) is 0 Å². The van der Waals surface area contributed by atoms with Gasteiger partial charge in [0.25, 0.3) is 0 Å². The quantitative estimate of drug-likeness (QED) is 0.468. The van der Waals surface area contributed by atoms with Crippen molar-refractivity contribution in [2.24, 2.45) is 12.0 Å². The lowest BCUT2D eigenvalue weighted by molar-refractivity contribution is 0.747. The molecule has 7 heteroatoms. The van der Waals surface area contributed by atoms with Crippen LogP contribution in [0, 0.1) is 0 Å². The van der Waals surface area contributed by atoms with E-state index < -0.39 is 0 Å². The van der Waals surface area contributed by atoms with E-state index in [-0.39, 0.29) is 0 Å². The largest absolute Gasteiger partial charge is 0.361 e. The van der Waals surface area contributed by atoms with Crippen LogP contribution in [0.1, 0.15) is 11.3 Å². The molecule has 0 aliphatic heterocycles. The standard InChI is InChI=1S/C18H21Cl2N5/c1-21-18(24-11-13-9-15(19)17(20)25(13)2)22-8-7-12-10-23-16-6-4-3-5-14(12)16/h3-6,9-10,23H,7-8,11H2,1-2H3,(H2,21,22,24). The summed E-state index contributed by atoms with van der Waals surface area (Å²) in [6.45, 7) is 1.38. The summed E-state index contributed by atoms with van der Waals surface area (Å²) in [7, 11) is 3.64. The smallest absolute Gasteiger partial charge is 0.191 e. The lowest BCUT2D eigenvalue weighted by Crippen LogP contribution is -2.38. The molecule has 0 saturated heterocycles. The summed E-state index contributed by atoms with van der Waals surface area (Å²) in [5.41, 5.74) is 3.45. The highest BCUT2D eigenvalue weighted by atomic mass is 35.5. The van der Waals surface area contributed by atoms with Gasteiger partial charge in [-0.1, -0.05) is 41.4 Å². The molecule has 0 unspecified atom stereocenters. The van der Waals surface area contributed by atoms with Gasteiger partial charge < -0.3 is 20.2 Å². The molecule has 0 bridgehead atoms. The number of aliphatic imine (C=N–C) groups is 1. The highest BCUT2D eigenvalue weighted by molar-refractivity contribution is 6.41. The van der Waals surface area contributed by atoms with Crippen LogP contribution in [0.25, 0.3) is 10.9 Å². The highest BCUT2D eigenvalue weighted by Crippen LogP contribution is 2.24.